The monoisotopic (exact) mass is 297 g/mol. The molecule has 0 unspecified atom stereocenters. The van der Waals surface area contributed by atoms with Gasteiger partial charge in [0.15, 0.2) is 0 Å². The number of rotatable bonds is 3. The van der Waals surface area contributed by atoms with Gasteiger partial charge in [-0.05, 0) is 30.7 Å². The summed E-state index contributed by atoms with van der Waals surface area (Å²) in [4.78, 5) is 11.8. The van der Waals surface area contributed by atoms with Gasteiger partial charge in [-0.15, -0.1) is 0 Å². The fourth-order valence-corrected chi connectivity index (χ4v) is 3.97. The highest BCUT2D eigenvalue weighted by Gasteiger charge is 2.32. The topological polar surface area (TPSA) is 63.7 Å². The molecule has 1 fully saturated rings. The highest BCUT2D eigenvalue weighted by Crippen LogP contribution is 2.26. The molecule has 0 aromatic heterocycles. The first-order chi connectivity index (χ1) is 9.36. The predicted molar refractivity (Wildman–Crippen MR) is 75.3 cm³/mol. The molecule has 0 aliphatic carbocycles. The molecule has 20 heavy (non-hydrogen) atoms. The quantitative estimate of drug-likeness (QED) is 0.850. The maximum atomic E-state index is 12.6. The molecule has 1 heterocycles. The maximum Gasteiger partial charge on any atom is 0.243 e. The average molecular weight is 297 g/mol. The number of piperidine rings is 1. The summed E-state index contributed by atoms with van der Waals surface area (Å²) in [5, 5.41) is 0. The van der Waals surface area contributed by atoms with Crippen LogP contribution in [0.3, 0.4) is 0 Å². The standard InChI is InChI=1S/C14H19NO4S/c1-10-8-12(4-5-14(10)19-3)20(17,18)15-7-6-13(16)11(2)9-15/h4-5,8,11H,6-7,9H2,1-3H3/t11-/m0/s1. The van der Waals surface area contributed by atoms with Crippen LogP contribution in [-0.2, 0) is 14.8 Å². The summed E-state index contributed by atoms with van der Waals surface area (Å²) in [6, 6.07) is 4.80. The molecule has 1 aromatic rings. The fourth-order valence-electron chi connectivity index (χ4n) is 2.36. The smallest absolute Gasteiger partial charge is 0.243 e. The summed E-state index contributed by atoms with van der Waals surface area (Å²) in [5.74, 6) is 0.548. The molecule has 1 aromatic carbocycles. The van der Waals surface area contributed by atoms with Gasteiger partial charge in [-0.25, -0.2) is 8.42 Å². The molecule has 0 saturated carbocycles. The van der Waals surface area contributed by atoms with Crippen molar-refractivity contribution in [3.05, 3.63) is 23.8 Å². The molecular weight excluding hydrogens is 278 g/mol. The minimum Gasteiger partial charge on any atom is -0.496 e. The van der Waals surface area contributed by atoms with Crippen molar-refractivity contribution < 1.29 is 17.9 Å². The minimum absolute atomic E-state index is 0.127. The largest absolute Gasteiger partial charge is 0.496 e. The van der Waals surface area contributed by atoms with Crippen LogP contribution in [0.4, 0.5) is 0 Å². The van der Waals surface area contributed by atoms with Crippen molar-refractivity contribution in [2.75, 3.05) is 20.2 Å². The molecule has 6 heteroatoms. The van der Waals surface area contributed by atoms with Crippen LogP contribution in [-0.4, -0.2) is 38.7 Å². The van der Waals surface area contributed by atoms with E-state index >= 15 is 0 Å². The lowest BCUT2D eigenvalue weighted by Crippen LogP contribution is -2.43. The van der Waals surface area contributed by atoms with E-state index in [0.29, 0.717) is 5.75 Å². The number of hydrogen-bond acceptors (Lipinski definition) is 4. The number of sulfonamides is 1. The average Bonchev–Trinajstić information content (AvgIpc) is 2.41. The Kier molecular flexibility index (Phi) is 4.15. The SMILES string of the molecule is COc1ccc(S(=O)(=O)N2CCC(=O)[C@@H](C)C2)cc1C. The molecule has 0 N–H and O–H groups in total. The third-order valence-electron chi connectivity index (χ3n) is 3.64. The van der Waals surface area contributed by atoms with E-state index in [1.165, 1.54) is 4.31 Å². The zero-order chi connectivity index (χ0) is 14.9. The van der Waals surface area contributed by atoms with Gasteiger partial charge in [-0.3, -0.25) is 4.79 Å². The van der Waals surface area contributed by atoms with E-state index in [1.54, 1.807) is 39.2 Å². The maximum absolute atomic E-state index is 12.6. The Bertz CT molecular complexity index is 624. The lowest BCUT2D eigenvalue weighted by Gasteiger charge is -2.29. The number of methoxy groups -OCH3 is 1. The van der Waals surface area contributed by atoms with E-state index in [-0.39, 0.29) is 36.1 Å². The number of ketones is 1. The molecule has 1 aliphatic rings. The van der Waals surface area contributed by atoms with Crippen molar-refractivity contribution >= 4 is 15.8 Å². The van der Waals surface area contributed by atoms with Gasteiger partial charge in [0.1, 0.15) is 11.5 Å². The Labute approximate surface area is 119 Å². The zero-order valence-electron chi connectivity index (χ0n) is 11.9. The van der Waals surface area contributed by atoms with Gasteiger partial charge in [0, 0.05) is 25.4 Å². The lowest BCUT2D eigenvalue weighted by molar-refractivity contribution is -0.124. The summed E-state index contributed by atoms with van der Waals surface area (Å²) in [6.07, 6.45) is 0.287. The van der Waals surface area contributed by atoms with Crippen LogP contribution < -0.4 is 4.74 Å². The third-order valence-corrected chi connectivity index (χ3v) is 5.50. The number of hydrogen-bond donors (Lipinski definition) is 0. The molecule has 0 bridgehead atoms. The number of carbonyl (C=O) groups is 1. The van der Waals surface area contributed by atoms with Crippen molar-refractivity contribution in [2.45, 2.75) is 25.2 Å². The molecule has 1 saturated heterocycles. The number of nitrogens with zero attached hydrogens (tertiary/aromatic N) is 1. The first-order valence-corrected chi connectivity index (χ1v) is 7.97. The Morgan fingerprint density at radius 2 is 2.05 bits per heavy atom. The zero-order valence-corrected chi connectivity index (χ0v) is 12.7. The van der Waals surface area contributed by atoms with Gasteiger partial charge in [0.05, 0.1) is 12.0 Å². The van der Waals surface area contributed by atoms with E-state index in [2.05, 4.69) is 0 Å². The number of aryl methyl sites for hydroxylation is 1. The van der Waals surface area contributed by atoms with Gasteiger partial charge >= 0.3 is 0 Å². The van der Waals surface area contributed by atoms with Crippen LogP contribution in [0.25, 0.3) is 0 Å². The van der Waals surface area contributed by atoms with Crippen molar-refractivity contribution in [3.63, 3.8) is 0 Å². The van der Waals surface area contributed by atoms with Gasteiger partial charge in [-0.2, -0.15) is 4.31 Å². The molecule has 2 rings (SSSR count). The first kappa shape index (κ1) is 15.0. The van der Waals surface area contributed by atoms with E-state index in [9.17, 15) is 13.2 Å². The minimum atomic E-state index is -3.54. The van der Waals surface area contributed by atoms with Gasteiger partial charge < -0.3 is 4.74 Å². The second-order valence-corrected chi connectivity index (χ2v) is 7.05. The normalized spacial score (nSPS) is 20.9. The molecule has 0 amide bonds. The van der Waals surface area contributed by atoms with Crippen molar-refractivity contribution in [3.8, 4) is 5.75 Å². The summed E-state index contributed by atoms with van der Waals surface area (Å²) in [7, 11) is -1.99. The highest BCUT2D eigenvalue weighted by atomic mass is 32.2. The Hall–Kier alpha value is -1.40. The molecule has 0 spiro atoms. The number of carbonyl (C=O) groups excluding carboxylic acids is 1. The van der Waals surface area contributed by atoms with Crippen molar-refractivity contribution in [1.29, 1.82) is 0 Å². The Morgan fingerprint density at radius 1 is 1.35 bits per heavy atom. The van der Waals surface area contributed by atoms with Crippen LogP contribution in [0.1, 0.15) is 18.9 Å². The van der Waals surface area contributed by atoms with Gasteiger partial charge in [-0.1, -0.05) is 6.92 Å². The Balaban J connectivity index is 2.31. The number of ether oxygens (including phenoxy) is 1. The molecule has 1 atom stereocenters. The van der Waals surface area contributed by atoms with Gasteiger partial charge in [0.25, 0.3) is 0 Å². The molecule has 1 aliphatic heterocycles. The van der Waals surface area contributed by atoms with Crippen LogP contribution in [0, 0.1) is 12.8 Å². The summed E-state index contributed by atoms with van der Waals surface area (Å²) in [6.45, 7) is 4.09. The second-order valence-electron chi connectivity index (χ2n) is 5.11. The molecule has 0 radical (unpaired) electrons. The van der Waals surface area contributed by atoms with E-state index in [0.717, 1.165) is 5.56 Å². The van der Waals surface area contributed by atoms with E-state index in [4.69, 9.17) is 4.74 Å². The third kappa shape index (κ3) is 2.71. The fraction of sp³-hybridized carbons (Fsp3) is 0.500. The Morgan fingerprint density at radius 3 is 2.60 bits per heavy atom. The molecule has 110 valence electrons. The highest BCUT2D eigenvalue weighted by molar-refractivity contribution is 7.89. The van der Waals surface area contributed by atoms with Crippen molar-refractivity contribution in [1.82, 2.24) is 4.31 Å². The summed E-state index contributed by atoms with van der Waals surface area (Å²) in [5.41, 5.74) is 0.773. The first-order valence-electron chi connectivity index (χ1n) is 6.53. The van der Waals surface area contributed by atoms with Crippen LogP contribution in [0.15, 0.2) is 23.1 Å². The van der Waals surface area contributed by atoms with Crippen molar-refractivity contribution in [2.24, 2.45) is 5.92 Å². The lowest BCUT2D eigenvalue weighted by atomic mass is 10.0. The van der Waals surface area contributed by atoms with Crippen LogP contribution in [0.2, 0.25) is 0 Å². The summed E-state index contributed by atoms with van der Waals surface area (Å²) >= 11 is 0. The van der Waals surface area contributed by atoms with E-state index in [1.807, 2.05) is 0 Å². The number of Topliss-reactive ketones (excluding diaryl/α,β-unsaturated/α-hetero) is 1. The van der Waals surface area contributed by atoms with E-state index < -0.39 is 10.0 Å². The molecular formula is C14H19NO4S. The van der Waals surface area contributed by atoms with Gasteiger partial charge in [0.2, 0.25) is 10.0 Å². The van der Waals surface area contributed by atoms with Crippen LogP contribution >= 0.6 is 0 Å². The molecule has 5 nitrogen and oxygen atoms in total. The second kappa shape index (κ2) is 5.54. The van der Waals surface area contributed by atoms with Crippen LogP contribution in [0.5, 0.6) is 5.75 Å². The number of benzene rings is 1. The predicted octanol–water partition coefficient (Wildman–Crippen LogP) is 1.60. The summed E-state index contributed by atoms with van der Waals surface area (Å²) < 4.78 is 31.7.